The number of nitrogens with one attached hydrogen (secondary N) is 1. The number of benzene rings is 1. The molecule has 1 heterocycles. The summed E-state index contributed by atoms with van der Waals surface area (Å²) in [6, 6.07) is 9.68. The first kappa shape index (κ1) is 13.5. The molecule has 88 valence electrons. The second-order valence-corrected chi connectivity index (χ2v) is 6.65. The summed E-state index contributed by atoms with van der Waals surface area (Å²) < 4.78 is 3.72. The highest BCUT2D eigenvalue weighted by molar-refractivity contribution is 9.11. The number of hydrogen-bond acceptors (Lipinski definition) is 2. The van der Waals surface area contributed by atoms with Gasteiger partial charge in [-0.2, -0.15) is 0 Å². The molecular formula is C11H6Br4N2. The van der Waals surface area contributed by atoms with Crippen molar-refractivity contribution in [3.05, 3.63) is 48.4 Å². The number of nitrogens with zero attached hydrogens (tertiary/aromatic N) is 1. The van der Waals surface area contributed by atoms with E-state index in [0.717, 1.165) is 29.5 Å². The third-order valence-corrected chi connectivity index (χ3v) is 4.13. The molecule has 0 aliphatic heterocycles. The summed E-state index contributed by atoms with van der Waals surface area (Å²) in [7, 11) is 0. The Morgan fingerprint density at radius 2 is 1.59 bits per heavy atom. The maximum absolute atomic E-state index is 4.33. The van der Waals surface area contributed by atoms with E-state index in [-0.39, 0.29) is 0 Å². The predicted molar refractivity (Wildman–Crippen MR) is 84.8 cm³/mol. The number of pyridine rings is 1. The molecule has 0 atom stereocenters. The molecule has 0 aliphatic rings. The zero-order valence-corrected chi connectivity index (χ0v) is 14.7. The molecule has 6 heteroatoms. The first-order chi connectivity index (χ1) is 8.06. The fourth-order valence-electron chi connectivity index (χ4n) is 1.27. The van der Waals surface area contributed by atoms with Crippen LogP contribution in [-0.2, 0) is 0 Å². The lowest BCUT2D eigenvalue weighted by Crippen LogP contribution is -1.95. The Labute approximate surface area is 133 Å². The van der Waals surface area contributed by atoms with Gasteiger partial charge in [0, 0.05) is 13.4 Å². The van der Waals surface area contributed by atoms with Crippen molar-refractivity contribution in [3.8, 4) is 0 Å². The van der Waals surface area contributed by atoms with Crippen molar-refractivity contribution in [2.45, 2.75) is 0 Å². The van der Waals surface area contributed by atoms with Gasteiger partial charge in [0.05, 0.1) is 5.69 Å². The van der Waals surface area contributed by atoms with Gasteiger partial charge >= 0.3 is 0 Å². The quantitative estimate of drug-likeness (QED) is 0.538. The SMILES string of the molecule is Brc1cc(Br)c(Nc2cccc(Br)n2)c(Br)c1. The number of hydrogen-bond donors (Lipinski definition) is 1. The molecule has 1 N–H and O–H groups in total. The first-order valence-electron chi connectivity index (χ1n) is 4.60. The molecule has 0 radical (unpaired) electrons. The number of rotatable bonds is 2. The van der Waals surface area contributed by atoms with Crippen molar-refractivity contribution in [3.63, 3.8) is 0 Å². The van der Waals surface area contributed by atoms with Gasteiger partial charge in [0.1, 0.15) is 10.4 Å². The van der Waals surface area contributed by atoms with Gasteiger partial charge < -0.3 is 5.32 Å². The number of halogens is 4. The molecule has 0 fully saturated rings. The third kappa shape index (κ3) is 3.53. The summed E-state index contributed by atoms with van der Waals surface area (Å²) in [5, 5.41) is 3.25. The largest absolute Gasteiger partial charge is 0.338 e. The van der Waals surface area contributed by atoms with E-state index < -0.39 is 0 Å². The zero-order chi connectivity index (χ0) is 12.4. The van der Waals surface area contributed by atoms with Crippen molar-refractivity contribution in [1.29, 1.82) is 0 Å². The van der Waals surface area contributed by atoms with Crippen molar-refractivity contribution >= 4 is 75.2 Å². The first-order valence-corrected chi connectivity index (χ1v) is 7.77. The van der Waals surface area contributed by atoms with Gasteiger partial charge in [0.2, 0.25) is 0 Å². The summed E-state index contributed by atoms with van der Waals surface area (Å²) in [5.74, 6) is 0.781. The molecule has 2 aromatic rings. The summed E-state index contributed by atoms with van der Waals surface area (Å²) in [5.41, 5.74) is 0.943. The number of aromatic nitrogens is 1. The van der Waals surface area contributed by atoms with Crippen LogP contribution in [0.15, 0.2) is 48.4 Å². The minimum absolute atomic E-state index is 0.781. The van der Waals surface area contributed by atoms with Gasteiger partial charge in [-0.25, -0.2) is 4.98 Å². The van der Waals surface area contributed by atoms with E-state index in [1.807, 2.05) is 30.3 Å². The van der Waals surface area contributed by atoms with E-state index in [4.69, 9.17) is 0 Å². The Morgan fingerprint density at radius 3 is 2.18 bits per heavy atom. The van der Waals surface area contributed by atoms with Gasteiger partial charge in [0.15, 0.2) is 0 Å². The van der Waals surface area contributed by atoms with Crippen LogP contribution in [0.5, 0.6) is 0 Å². The normalized spacial score (nSPS) is 10.4. The fraction of sp³-hybridized carbons (Fsp3) is 0. The van der Waals surface area contributed by atoms with Gasteiger partial charge in [-0.05, 0) is 72.1 Å². The van der Waals surface area contributed by atoms with E-state index >= 15 is 0 Å². The van der Waals surface area contributed by atoms with E-state index in [9.17, 15) is 0 Å². The highest BCUT2D eigenvalue weighted by Crippen LogP contribution is 2.35. The lowest BCUT2D eigenvalue weighted by atomic mass is 10.3. The molecule has 2 rings (SSSR count). The molecule has 0 amide bonds. The van der Waals surface area contributed by atoms with Crippen LogP contribution in [0.3, 0.4) is 0 Å². The van der Waals surface area contributed by atoms with Gasteiger partial charge in [0.25, 0.3) is 0 Å². The maximum Gasteiger partial charge on any atom is 0.131 e. The van der Waals surface area contributed by atoms with Crippen molar-refractivity contribution in [2.75, 3.05) is 5.32 Å². The lowest BCUT2D eigenvalue weighted by molar-refractivity contribution is 1.26. The van der Waals surface area contributed by atoms with Crippen LogP contribution < -0.4 is 5.32 Å². The average Bonchev–Trinajstić information content (AvgIpc) is 2.23. The van der Waals surface area contributed by atoms with Crippen molar-refractivity contribution in [2.24, 2.45) is 0 Å². The van der Waals surface area contributed by atoms with Crippen molar-refractivity contribution in [1.82, 2.24) is 4.98 Å². The summed E-state index contributed by atoms with van der Waals surface area (Å²) in [6.07, 6.45) is 0. The minimum atomic E-state index is 0.781. The van der Waals surface area contributed by atoms with Crippen LogP contribution in [0, 0.1) is 0 Å². The van der Waals surface area contributed by atoms with Gasteiger partial charge in [-0.1, -0.05) is 22.0 Å². The zero-order valence-electron chi connectivity index (χ0n) is 8.35. The Bertz CT molecular complexity index is 534. The van der Waals surface area contributed by atoms with Gasteiger partial charge in [-0.3, -0.25) is 0 Å². The molecule has 1 aromatic heterocycles. The Balaban J connectivity index is 2.36. The van der Waals surface area contributed by atoms with Crippen LogP contribution in [0.25, 0.3) is 0 Å². The van der Waals surface area contributed by atoms with E-state index in [0.29, 0.717) is 0 Å². The lowest BCUT2D eigenvalue weighted by Gasteiger charge is -2.10. The Morgan fingerprint density at radius 1 is 0.941 bits per heavy atom. The monoisotopic (exact) mass is 482 g/mol. The van der Waals surface area contributed by atoms with Crippen LogP contribution >= 0.6 is 63.7 Å². The smallest absolute Gasteiger partial charge is 0.131 e. The second kappa shape index (κ2) is 5.82. The highest BCUT2D eigenvalue weighted by Gasteiger charge is 2.07. The van der Waals surface area contributed by atoms with Crippen LogP contribution in [0.2, 0.25) is 0 Å². The molecule has 0 saturated carbocycles. The standard InChI is InChI=1S/C11H6Br4N2/c12-6-4-7(13)11(8(14)5-6)17-10-3-1-2-9(15)16-10/h1-5H,(H,16,17). The Kier molecular flexibility index (Phi) is 4.63. The second-order valence-electron chi connectivity index (χ2n) is 3.21. The number of anilines is 2. The maximum atomic E-state index is 4.33. The van der Waals surface area contributed by atoms with Gasteiger partial charge in [-0.15, -0.1) is 0 Å². The predicted octanol–water partition coefficient (Wildman–Crippen LogP) is 5.88. The van der Waals surface area contributed by atoms with E-state index in [1.165, 1.54) is 0 Å². The van der Waals surface area contributed by atoms with Crippen LogP contribution in [0.1, 0.15) is 0 Å². The topological polar surface area (TPSA) is 24.9 Å². The van der Waals surface area contributed by atoms with Crippen LogP contribution in [-0.4, -0.2) is 4.98 Å². The highest BCUT2D eigenvalue weighted by atomic mass is 79.9. The molecule has 0 aliphatic carbocycles. The summed E-state index contributed by atoms with van der Waals surface area (Å²) >= 11 is 13.8. The molecule has 0 unspecified atom stereocenters. The molecule has 0 spiro atoms. The average molecular weight is 486 g/mol. The molecule has 0 bridgehead atoms. The van der Waals surface area contributed by atoms with Crippen LogP contribution in [0.4, 0.5) is 11.5 Å². The molecule has 1 aromatic carbocycles. The van der Waals surface area contributed by atoms with Crippen molar-refractivity contribution < 1.29 is 0 Å². The third-order valence-electron chi connectivity index (χ3n) is 1.98. The fourth-order valence-corrected chi connectivity index (χ4v) is 4.07. The Hall–Kier alpha value is 0.0900. The molecule has 17 heavy (non-hydrogen) atoms. The minimum Gasteiger partial charge on any atom is -0.338 e. The van der Waals surface area contributed by atoms with E-state index in [2.05, 4.69) is 74.0 Å². The van der Waals surface area contributed by atoms with E-state index in [1.54, 1.807) is 0 Å². The summed E-state index contributed by atoms with van der Waals surface area (Å²) in [4.78, 5) is 4.33. The molecule has 0 saturated heterocycles. The molecule has 2 nitrogen and oxygen atoms in total. The summed E-state index contributed by atoms with van der Waals surface area (Å²) in [6.45, 7) is 0. The molecular weight excluding hydrogens is 480 g/mol.